The monoisotopic (exact) mass is 223 g/mol. The first-order valence-corrected chi connectivity index (χ1v) is 6.88. The van der Waals surface area contributed by atoms with E-state index in [4.69, 9.17) is 5.73 Å². The smallest absolute Gasteiger partial charge is 0.0968 e. The normalized spacial score (nSPS) is 24.4. The topological polar surface area (TPSA) is 41.6 Å². The van der Waals surface area contributed by atoms with Crippen molar-refractivity contribution < 1.29 is 0 Å². The average molecular weight is 223 g/mol. The summed E-state index contributed by atoms with van der Waals surface area (Å²) in [5.74, 6) is 1.53. The largest absolute Gasteiger partial charge is 0.387 e. The van der Waals surface area contributed by atoms with Crippen LogP contribution in [0.4, 0.5) is 0 Å². The number of aliphatic imine (C=N–C) groups is 1. The first-order chi connectivity index (χ1) is 7.86. The van der Waals surface area contributed by atoms with Gasteiger partial charge in [-0.15, -0.1) is 0 Å². The fourth-order valence-electron chi connectivity index (χ4n) is 2.86. The molecule has 2 N–H and O–H groups in total. The van der Waals surface area contributed by atoms with E-state index in [1.54, 1.807) is 0 Å². The van der Waals surface area contributed by atoms with Crippen LogP contribution in [0.2, 0.25) is 0 Å². The van der Waals surface area contributed by atoms with Crippen molar-refractivity contribution in [3.8, 4) is 0 Å². The fourth-order valence-corrected chi connectivity index (χ4v) is 2.86. The minimum Gasteiger partial charge on any atom is -0.387 e. The number of nitrogens with zero attached hydrogens (tertiary/aromatic N) is 2. The van der Waals surface area contributed by atoms with Crippen molar-refractivity contribution >= 4 is 5.84 Å². The van der Waals surface area contributed by atoms with Crippen molar-refractivity contribution in [2.24, 2.45) is 16.6 Å². The summed E-state index contributed by atoms with van der Waals surface area (Å²) < 4.78 is 0. The zero-order valence-corrected chi connectivity index (χ0v) is 10.3. The highest BCUT2D eigenvalue weighted by molar-refractivity contribution is 5.83. The first-order valence-electron chi connectivity index (χ1n) is 6.88. The minimum absolute atomic E-state index is 0.604. The van der Waals surface area contributed by atoms with Gasteiger partial charge in [0.1, 0.15) is 0 Å². The number of hydrogen-bond donors (Lipinski definition) is 1. The van der Waals surface area contributed by atoms with Crippen LogP contribution in [0.15, 0.2) is 4.99 Å². The molecule has 1 saturated heterocycles. The maximum absolute atomic E-state index is 6.01. The van der Waals surface area contributed by atoms with E-state index in [2.05, 4.69) is 9.89 Å². The number of likely N-dealkylation sites (tertiary alicyclic amines) is 1. The van der Waals surface area contributed by atoms with Crippen LogP contribution in [-0.2, 0) is 0 Å². The summed E-state index contributed by atoms with van der Waals surface area (Å²) in [7, 11) is 0. The van der Waals surface area contributed by atoms with Crippen molar-refractivity contribution in [1.29, 1.82) is 0 Å². The van der Waals surface area contributed by atoms with Crippen LogP contribution in [0.5, 0.6) is 0 Å². The molecule has 0 bridgehead atoms. The summed E-state index contributed by atoms with van der Waals surface area (Å²) in [6.45, 7) is 4.73. The van der Waals surface area contributed by atoms with Crippen molar-refractivity contribution in [2.45, 2.75) is 44.9 Å². The van der Waals surface area contributed by atoms with Crippen LogP contribution in [0.3, 0.4) is 0 Å². The molecule has 3 heteroatoms. The Kier molecular flexibility index (Phi) is 4.64. The van der Waals surface area contributed by atoms with E-state index in [-0.39, 0.29) is 0 Å². The van der Waals surface area contributed by atoms with Gasteiger partial charge in [-0.05, 0) is 51.7 Å². The van der Waals surface area contributed by atoms with Gasteiger partial charge in [-0.3, -0.25) is 4.99 Å². The maximum Gasteiger partial charge on any atom is 0.0968 e. The lowest BCUT2D eigenvalue weighted by molar-refractivity contribution is 0.336. The summed E-state index contributed by atoms with van der Waals surface area (Å²) in [5, 5.41) is 0. The number of amidine groups is 1. The van der Waals surface area contributed by atoms with Crippen LogP contribution in [0, 0.1) is 5.92 Å². The van der Waals surface area contributed by atoms with Gasteiger partial charge in [-0.25, -0.2) is 0 Å². The van der Waals surface area contributed by atoms with Crippen molar-refractivity contribution in [2.75, 3.05) is 26.2 Å². The van der Waals surface area contributed by atoms with Crippen LogP contribution in [0.1, 0.15) is 44.9 Å². The van der Waals surface area contributed by atoms with E-state index in [1.165, 1.54) is 64.6 Å². The zero-order chi connectivity index (χ0) is 11.2. The van der Waals surface area contributed by atoms with Crippen LogP contribution in [0.25, 0.3) is 0 Å². The molecule has 0 unspecified atom stereocenters. The highest BCUT2D eigenvalue weighted by Gasteiger charge is 2.18. The molecule has 3 nitrogen and oxygen atoms in total. The highest BCUT2D eigenvalue weighted by Crippen LogP contribution is 2.24. The molecular weight excluding hydrogens is 198 g/mol. The molecule has 16 heavy (non-hydrogen) atoms. The average Bonchev–Trinajstić information content (AvgIpc) is 2.96. The van der Waals surface area contributed by atoms with Gasteiger partial charge in [-0.2, -0.15) is 0 Å². The van der Waals surface area contributed by atoms with E-state index in [0.29, 0.717) is 5.92 Å². The first kappa shape index (κ1) is 11.9. The molecule has 0 radical (unpaired) electrons. The third kappa shape index (κ3) is 3.48. The molecular formula is C13H25N3. The summed E-state index contributed by atoms with van der Waals surface area (Å²) in [6.07, 6.45) is 9.15. The Morgan fingerprint density at radius 2 is 1.81 bits per heavy atom. The van der Waals surface area contributed by atoms with Gasteiger partial charge in [0.15, 0.2) is 0 Å². The maximum atomic E-state index is 6.01. The lowest BCUT2D eigenvalue weighted by atomic mass is 10.1. The zero-order valence-electron chi connectivity index (χ0n) is 10.3. The molecule has 1 aliphatic carbocycles. The molecule has 1 saturated carbocycles. The summed E-state index contributed by atoms with van der Waals surface area (Å²) in [5.41, 5.74) is 6.01. The van der Waals surface area contributed by atoms with Gasteiger partial charge < -0.3 is 10.6 Å². The minimum atomic E-state index is 0.604. The third-order valence-electron chi connectivity index (χ3n) is 3.90. The summed E-state index contributed by atoms with van der Waals surface area (Å²) in [6, 6.07) is 0. The third-order valence-corrected chi connectivity index (χ3v) is 3.90. The van der Waals surface area contributed by atoms with Crippen molar-refractivity contribution in [3.05, 3.63) is 0 Å². The van der Waals surface area contributed by atoms with E-state index >= 15 is 0 Å². The lowest BCUT2D eigenvalue weighted by Crippen LogP contribution is -2.23. The lowest BCUT2D eigenvalue weighted by Gasteiger charge is -2.13. The van der Waals surface area contributed by atoms with Gasteiger partial charge in [-0.1, -0.05) is 12.8 Å². The Hall–Kier alpha value is -0.570. The molecule has 0 aromatic rings. The predicted molar refractivity (Wildman–Crippen MR) is 68.7 cm³/mol. The second-order valence-corrected chi connectivity index (χ2v) is 5.19. The van der Waals surface area contributed by atoms with Crippen molar-refractivity contribution in [3.63, 3.8) is 0 Å². The van der Waals surface area contributed by atoms with Gasteiger partial charge in [0.2, 0.25) is 0 Å². The van der Waals surface area contributed by atoms with E-state index in [1.807, 2.05) is 0 Å². The molecule has 1 heterocycles. The molecule has 0 spiro atoms. The van der Waals surface area contributed by atoms with Gasteiger partial charge in [0, 0.05) is 12.5 Å². The molecule has 0 aromatic heterocycles. The summed E-state index contributed by atoms with van der Waals surface area (Å²) in [4.78, 5) is 7.08. The molecule has 0 atom stereocenters. The Morgan fingerprint density at radius 1 is 1.12 bits per heavy atom. The molecule has 2 fully saturated rings. The Morgan fingerprint density at radius 3 is 2.50 bits per heavy atom. The highest BCUT2D eigenvalue weighted by atomic mass is 15.1. The van der Waals surface area contributed by atoms with E-state index in [9.17, 15) is 0 Å². The molecule has 2 rings (SSSR count). The summed E-state index contributed by atoms with van der Waals surface area (Å²) >= 11 is 0. The predicted octanol–water partition coefficient (Wildman–Crippen LogP) is 2.02. The number of nitrogens with two attached hydrogens (primary N) is 1. The quantitative estimate of drug-likeness (QED) is 0.440. The second kappa shape index (κ2) is 6.24. The molecule has 1 aliphatic heterocycles. The van der Waals surface area contributed by atoms with Crippen LogP contribution >= 0.6 is 0 Å². The molecule has 0 amide bonds. The number of rotatable bonds is 5. The van der Waals surface area contributed by atoms with Gasteiger partial charge >= 0.3 is 0 Å². The fraction of sp³-hybridized carbons (Fsp3) is 0.923. The van der Waals surface area contributed by atoms with Crippen LogP contribution in [-0.4, -0.2) is 36.9 Å². The van der Waals surface area contributed by atoms with Gasteiger partial charge in [0.25, 0.3) is 0 Å². The Balaban J connectivity index is 1.60. The second-order valence-electron chi connectivity index (χ2n) is 5.19. The van der Waals surface area contributed by atoms with Gasteiger partial charge in [0.05, 0.1) is 5.84 Å². The molecule has 0 aromatic carbocycles. The standard InChI is InChI=1S/C13H25N3/c14-13(12-6-1-2-7-12)15-8-5-11-16-9-3-4-10-16/h12H,1-11H2,(H2,14,15). The Labute approximate surface area is 99.1 Å². The number of hydrogen-bond acceptors (Lipinski definition) is 2. The van der Waals surface area contributed by atoms with E-state index in [0.717, 1.165) is 12.4 Å². The molecule has 2 aliphatic rings. The van der Waals surface area contributed by atoms with E-state index < -0.39 is 0 Å². The molecule has 92 valence electrons. The van der Waals surface area contributed by atoms with Crippen LogP contribution < -0.4 is 5.73 Å². The Bertz CT molecular complexity index is 225. The SMILES string of the molecule is NC(=NCCCN1CCCC1)C1CCCC1. The van der Waals surface area contributed by atoms with Crippen molar-refractivity contribution in [1.82, 2.24) is 4.90 Å².